The van der Waals surface area contributed by atoms with Crippen molar-refractivity contribution < 1.29 is 31.4 Å². The average Bonchev–Trinajstić information content (AvgIpc) is 3.67. The van der Waals surface area contributed by atoms with E-state index in [9.17, 15) is 22.0 Å². The summed E-state index contributed by atoms with van der Waals surface area (Å²) in [5.41, 5.74) is 16.4. The highest BCUT2D eigenvalue weighted by Crippen LogP contribution is 2.27. The smallest absolute Gasteiger partial charge is 0.435 e. The quantitative estimate of drug-likeness (QED) is 0.103. The maximum absolute atomic E-state index is 12.3. The van der Waals surface area contributed by atoms with Gasteiger partial charge in [-0.05, 0) is 86.6 Å². The van der Waals surface area contributed by atoms with Crippen molar-refractivity contribution in [1.29, 1.82) is 0 Å². The Morgan fingerprint density at radius 1 is 0.579 bits per heavy atom. The van der Waals surface area contributed by atoms with Gasteiger partial charge in [-0.2, -0.15) is 28.7 Å². The highest BCUT2D eigenvalue weighted by atomic mass is 19.4. The number of imidazole rings is 2. The van der Waals surface area contributed by atoms with E-state index in [4.69, 9.17) is 11.5 Å². The number of benzene rings is 4. The number of rotatable bonds is 9. The summed E-state index contributed by atoms with van der Waals surface area (Å²) in [4.78, 5) is 26.6. The summed E-state index contributed by atoms with van der Waals surface area (Å²) < 4.78 is 73.2. The zero-order chi connectivity index (χ0) is 40.3. The summed E-state index contributed by atoms with van der Waals surface area (Å²) in [7, 11) is 0. The third kappa shape index (κ3) is 9.05. The molecule has 14 nitrogen and oxygen atoms in total. The van der Waals surface area contributed by atoms with Gasteiger partial charge in [0.1, 0.15) is 46.4 Å². The first-order valence-electron chi connectivity index (χ1n) is 16.9. The maximum Gasteiger partial charge on any atom is 0.573 e. The minimum absolute atomic E-state index is 0.0731. The van der Waals surface area contributed by atoms with Crippen LogP contribution in [-0.2, 0) is 0 Å². The number of ether oxygens (including phenoxy) is 2. The van der Waals surface area contributed by atoms with Crippen molar-refractivity contribution in [2.75, 3.05) is 22.1 Å². The van der Waals surface area contributed by atoms with Gasteiger partial charge < -0.3 is 31.6 Å². The molecule has 0 radical (unpaired) electrons. The van der Waals surface area contributed by atoms with E-state index in [2.05, 4.69) is 50.0 Å². The number of aromatic nitrogens is 8. The Bertz CT molecular complexity index is 2670. The summed E-state index contributed by atoms with van der Waals surface area (Å²) in [5, 5.41) is 6.09. The average molecular weight is 783 g/mol. The van der Waals surface area contributed by atoms with Crippen molar-refractivity contribution in [1.82, 2.24) is 39.0 Å². The lowest BCUT2D eigenvalue weighted by atomic mass is 10.3. The van der Waals surface area contributed by atoms with Crippen LogP contribution in [0, 0.1) is 13.8 Å². The van der Waals surface area contributed by atoms with Crippen LogP contribution in [0.2, 0.25) is 0 Å². The molecule has 0 atom stereocenters. The van der Waals surface area contributed by atoms with Gasteiger partial charge in [-0.25, -0.2) is 9.97 Å². The molecule has 4 heterocycles. The van der Waals surface area contributed by atoms with Gasteiger partial charge in [-0.15, -0.1) is 13.2 Å². The molecule has 0 amide bonds. The number of nitrogen functional groups attached to an aromatic ring is 2. The molecular formula is C38H31F5N12O2. The topological polar surface area (TPSA) is 182 Å². The van der Waals surface area contributed by atoms with Gasteiger partial charge >= 0.3 is 13.0 Å². The van der Waals surface area contributed by atoms with Crippen LogP contribution < -0.4 is 31.6 Å². The zero-order valence-electron chi connectivity index (χ0n) is 29.9. The second kappa shape index (κ2) is 15.7. The molecule has 0 spiro atoms. The molecule has 6 N–H and O–H groups in total. The fourth-order valence-electron chi connectivity index (χ4n) is 5.79. The lowest BCUT2D eigenvalue weighted by molar-refractivity contribution is -0.274. The predicted molar refractivity (Wildman–Crippen MR) is 204 cm³/mol. The van der Waals surface area contributed by atoms with Gasteiger partial charge in [0, 0.05) is 23.5 Å². The molecule has 0 aliphatic carbocycles. The van der Waals surface area contributed by atoms with Crippen LogP contribution in [0.25, 0.3) is 34.0 Å². The Morgan fingerprint density at radius 3 is 1.42 bits per heavy atom. The molecule has 0 saturated heterocycles. The van der Waals surface area contributed by atoms with Crippen LogP contribution in [0.15, 0.2) is 109 Å². The van der Waals surface area contributed by atoms with Gasteiger partial charge in [0.2, 0.25) is 11.9 Å². The molecule has 19 heteroatoms. The Morgan fingerprint density at radius 2 is 1.00 bits per heavy atom. The van der Waals surface area contributed by atoms with E-state index in [0.717, 1.165) is 27.9 Å². The van der Waals surface area contributed by atoms with E-state index in [0.29, 0.717) is 40.7 Å². The van der Waals surface area contributed by atoms with Crippen LogP contribution in [0.5, 0.6) is 11.5 Å². The number of nitrogens with two attached hydrogens (primary N) is 2. The summed E-state index contributed by atoms with van der Waals surface area (Å²) in [5.74, 6) is 3.24. The lowest BCUT2D eigenvalue weighted by Crippen LogP contribution is -2.17. The van der Waals surface area contributed by atoms with Gasteiger partial charge in [0.05, 0.1) is 22.1 Å². The minimum Gasteiger partial charge on any atom is -0.435 e. The number of hydrogen-bond acceptors (Lipinski definition) is 12. The lowest BCUT2D eigenvalue weighted by Gasteiger charge is -2.12. The summed E-state index contributed by atoms with van der Waals surface area (Å²) in [6, 6.07) is 29.7. The third-order valence-electron chi connectivity index (χ3n) is 8.04. The Balaban J connectivity index is 0.000000174. The Labute approximate surface area is 320 Å². The fraction of sp³-hybridized carbons (Fsp3) is 0.105. The minimum atomic E-state index is -4.74. The molecule has 4 aromatic heterocycles. The second-order valence-corrected chi connectivity index (χ2v) is 12.1. The molecule has 8 aromatic rings. The van der Waals surface area contributed by atoms with Crippen molar-refractivity contribution in [3.05, 3.63) is 121 Å². The second-order valence-electron chi connectivity index (χ2n) is 12.1. The number of anilines is 6. The van der Waals surface area contributed by atoms with E-state index >= 15 is 0 Å². The van der Waals surface area contributed by atoms with Gasteiger partial charge in [0.15, 0.2) is 0 Å². The number of para-hydroxylation sites is 4. The Kier molecular flexibility index (Phi) is 10.4. The van der Waals surface area contributed by atoms with Crippen LogP contribution in [0.1, 0.15) is 11.6 Å². The molecule has 0 fully saturated rings. The molecule has 0 aliphatic rings. The van der Waals surface area contributed by atoms with Crippen molar-refractivity contribution in [3.8, 4) is 23.4 Å². The number of nitrogens with one attached hydrogen (secondary N) is 2. The standard InChI is InChI=1S/C19H15F3N6O.C19H16F2N6O/c1-11-24-14-4-2-3-5-15(14)28(11)18-26-16(23)10-17(27-18)25-12-6-8-13(9-7-12)29-19(20,21)22;1-11-23-14-4-2-3-5-15(14)27(11)19-25-16(22)10-17(26-19)24-12-6-8-13(9-7-12)28-18(20)21/h2-10H,1H3,(H3,23,25,26,27);2-10,18H,1H3,(H3,22,24,25,26). The SMILES string of the molecule is Cc1nc2ccccc2n1-c1nc(N)cc(Nc2ccc(OC(F)(F)F)cc2)n1.Cc1nc2ccccc2n1-c1nc(N)cc(Nc2ccc(OC(F)F)cc2)n1. The molecule has 4 aromatic carbocycles. The monoisotopic (exact) mass is 782 g/mol. The van der Waals surface area contributed by atoms with Crippen molar-refractivity contribution in [2.45, 2.75) is 26.8 Å². The van der Waals surface area contributed by atoms with E-state index in [1.165, 1.54) is 42.5 Å². The number of halogens is 5. The van der Waals surface area contributed by atoms with Crippen LogP contribution in [0.4, 0.5) is 56.6 Å². The van der Waals surface area contributed by atoms with Crippen molar-refractivity contribution in [3.63, 3.8) is 0 Å². The number of nitrogens with zero attached hydrogens (tertiary/aromatic N) is 8. The first-order valence-corrected chi connectivity index (χ1v) is 16.9. The highest BCUT2D eigenvalue weighted by Gasteiger charge is 2.31. The van der Waals surface area contributed by atoms with Gasteiger partial charge in [-0.1, -0.05) is 24.3 Å². The summed E-state index contributed by atoms with van der Waals surface area (Å²) >= 11 is 0. The molecule has 0 aliphatic heterocycles. The van der Waals surface area contributed by atoms with Gasteiger partial charge in [0.25, 0.3) is 0 Å². The molecule has 0 bridgehead atoms. The largest absolute Gasteiger partial charge is 0.573 e. The molecular weight excluding hydrogens is 751 g/mol. The molecule has 0 unspecified atom stereocenters. The summed E-state index contributed by atoms with van der Waals surface area (Å²) in [6.07, 6.45) is -4.74. The van der Waals surface area contributed by atoms with Crippen LogP contribution in [-0.4, -0.2) is 52.0 Å². The van der Waals surface area contributed by atoms with E-state index in [1.54, 1.807) is 22.8 Å². The number of alkyl halides is 5. The first-order chi connectivity index (χ1) is 27.3. The number of aryl methyl sites for hydroxylation is 2. The van der Waals surface area contributed by atoms with Crippen LogP contribution in [0.3, 0.4) is 0 Å². The molecule has 8 rings (SSSR count). The highest BCUT2D eigenvalue weighted by molar-refractivity contribution is 5.78. The Hall–Kier alpha value is -7.57. The maximum atomic E-state index is 12.3. The van der Waals surface area contributed by atoms with Crippen molar-refractivity contribution in [2.24, 2.45) is 0 Å². The molecule has 290 valence electrons. The first kappa shape index (κ1) is 37.7. The van der Waals surface area contributed by atoms with Crippen molar-refractivity contribution >= 4 is 56.7 Å². The zero-order valence-corrected chi connectivity index (χ0v) is 29.9. The molecule has 57 heavy (non-hydrogen) atoms. The normalized spacial score (nSPS) is 11.4. The summed E-state index contributed by atoms with van der Waals surface area (Å²) in [6.45, 7) is 0.830. The van der Waals surface area contributed by atoms with E-state index in [-0.39, 0.29) is 23.1 Å². The van der Waals surface area contributed by atoms with E-state index in [1.807, 2.05) is 66.9 Å². The molecule has 0 saturated carbocycles. The third-order valence-corrected chi connectivity index (χ3v) is 8.04. The van der Waals surface area contributed by atoms with Crippen LogP contribution >= 0.6 is 0 Å². The van der Waals surface area contributed by atoms with Gasteiger partial charge in [-0.3, -0.25) is 9.13 Å². The number of hydrogen-bond donors (Lipinski definition) is 4. The fourth-order valence-corrected chi connectivity index (χ4v) is 5.79. The number of fused-ring (bicyclic) bond motifs is 2. The van der Waals surface area contributed by atoms with E-state index < -0.39 is 13.0 Å². The predicted octanol–water partition coefficient (Wildman–Crippen LogP) is 8.40.